The van der Waals surface area contributed by atoms with Gasteiger partial charge in [-0.15, -0.1) is 23.1 Å². The summed E-state index contributed by atoms with van der Waals surface area (Å²) >= 11 is 3.01. The van der Waals surface area contributed by atoms with Crippen molar-refractivity contribution in [1.82, 2.24) is 0 Å². The van der Waals surface area contributed by atoms with E-state index in [1.54, 1.807) is 11.3 Å². The van der Waals surface area contributed by atoms with Gasteiger partial charge in [-0.05, 0) is 18.4 Å². The van der Waals surface area contributed by atoms with Crippen LogP contribution >= 0.6 is 23.1 Å². The second kappa shape index (κ2) is 3.78. The quantitative estimate of drug-likeness (QED) is 0.739. The van der Waals surface area contributed by atoms with Crippen LogP contribution in [0.4, 0.5) is 0 Å². The van der Waals surface area contributed by atoms with Crippen LogP contribution in [0, 0.1) is 6.92 Å². The van der Waals surface area contributed by atoms with Crippen LogP contribution in [0.15, 0.2) is 16.3 Å². The maximum Gasteiger partial charge on any atom is 0.313 e. The van der Waals surface area contributed by atoms with Gasteiger partial charge in [0.05, 0.1) is 5.75 Å². The van der Waals surface area contributed by atoms with Crippen LogP contribution in [0.3, 0.4) is 0 Å². The van der Waals surface area contributed by atoms with Gasteiger partial charge in [0, 0.05) is 9.77 Å². The fourth-order valence-electron chi connectivity index (χ4n) is 0.663. The van der Waals surface area contributed by atoms with Crippen LogP contribution in [-0.2, 0) is 4.79 Å². The number of aliphatic carboxylic acids is 1. The minimum absolute atomic E-state index is 0.150. The first kappa shape index (κ1) is 8.62. The van der Waals surface area contributed by atoms with Crippen molar-refractivity contribution in [2.45, 2.75) is 11.8 Å². The highest BCUT2D eigenvalue weighted by Crippen LogP contribution is 2.25. The third-order valence-corrected chi connectivity index (χ3v) is 3.28. The summed E-state index contributed by atoms with van der Waals surface area (Å²) in [5, 5.41) is 10.4. The third kappa shape index (κ3) is 2.55. The zero-order valence-corrected chi connectivity index (χ0v) is 7.67. The zero-order valence-electron chi connectivity index (χ0n) is 6.03. The SMILES string of the molecule is Cc1sccc1SCC(=O)O. The van der Waals surface area contributed by atoms with Crippen LogP contribution in [0.25, 0.3) is 0 Å². The Morgan fingerprint density at radius 2 is 2.55 bits per heavy atom. The molecule has 1 heterocycles. The summed E-state index contributed by atoms with van der Waals surface area (Å²) in [5.74, 6) is -0.613. The van der Waals surface area contributed by atoms with Crippen molar-refractivity contribution < 1.29 is 9.90 Å². The van der Waals surface area contributed by atoms with Gasteiger partial charge in [0.15, 0.2) is 0 Å². The van der Waals surface area contributed by atoms with Crippen molar-refractivity contribution in [1.29, 1.82) is 0 Å². The van der Waals surface area contributed by atoms with Gasteiger partial charge in [-0.3, -0.25) is 4.79 Å². The van der Waals surface area contributed by atoms with Crippen molar-refractivity contribution in [2.75, 3.05) is 5.75 Å². The molecule has 0 aliphatic rings. The Bertz CT molecular complexity index is 255. The van der Waals surface area contributed by atoms with Gasteiger partial charge in [-0.25, -0.2) is 0 Å². The smallest absolute Gasteiger partial charge is 0.313 e. The highest BCUT2D eigenvalue weighted by Gasteiger charge is 2.02. The molecule has 1 N–H and O–H groups in total. The Kier molecular flexibility index (Phi) is 2.96. The summed E-state index contributed by atoms with van der Waals surface area (Å²) in [7, 11) is 0. The first-order valence-electron chi connectivity index (χ1n) is 3.09. The molecule has 0 amide bonds. The van der Waals surface area contributed by atoms with E-state index < -0.39 is 5.97 Å². The normalized spacial score (nSPS) is 9.91. The van der Waals surface area contributed by atoms with E-state index in [1.165, 1.54) is 16.6 Å². The molecule has 4 heteroatoms. The number of thiophene rings is 1. The van der Waals surface area contributed by atoms with Crippen molar-refractivity contribution in [3.05, 3.63) is 16.3 Å². The largest absolute Gasteiger partial charge is 0.481 e. The molecule has 0 spiro atoms. The Labute approximate surface area is 73.2 Å². The predicted octanol–water partition coefficient (Wildman–Crippen LogP) is 2.23. The Balaban J connectivity index is 2.51. The van der Waals surface area contributed by atoms with Gasteiger partial charge in [0.25, 0.3) is 0 Å². The molecule has 0 saturated heterocycles. The van der Waals surface area contributed by atoms with Crippen LogP contribution in [0.2, 0.25) is 0 Å². The topological polar surface area (TPSA) is 37.3 Å². The maximum absolute atomic E-state index is 10.2. The lowest BCUT2D eigenvalue weighted by Crippen LogP contribution is -1.96. The zero-order chi connectivity index (χ0) is 8.27. The van der Waals surface area contributed by atoms with E-state index in [0.29, 0.717) is 0 Å². The molecule has 0 unspecified atom stereocenters. The highest BCUT2D eigenvalue weighted by atomic mass is 32.2. The number of carboxylic acid groups (broad SMARTS) is 1. The highest BCUT2D eigenvalue weighted by molar-refractivity contribution is 8.00. The van der Waals surface area contributed by atoms with Crippen LogP contribution < -0.4 is 0 Å². The number of rotatable bonds is 3. The fourth-order valence-corrected chi connectivity index (χ4v) is 2.31. The fraction of sp³-hybridized carbons (Fsp3) is 0.286. The molecule has 1 aromatic heterocycles. The molecule has 60 valence electrons. The van der Waals surface area contributed by atoms with Crippen molar-refractivity contribution in [2.24, 2.45) is 0 Å². The van der Waals surface area contributed by atoms with Crippen LogP contribution in [-0.4, -0.2) is 16.8 Å². The molecular weight excluding hydrogens is 180 g/mol. The van der Waals surface area contributed by atoms with Crippen molar-refractivity contribution in [3.63, 3.8) is 0 Å². The molecule has 1 aromatic rings. The van der Waals surface area contributed by atoms with E-state index in [2.05, 4.69) is 0 Å². The minimum Gasteiger partial charge on any atom is -0.481 e. The molecule has 0 aliphatic heterocycles. The lowest BCUT2D eigenvalue weighted by atomic mass is 10.5. The number of carboxylic acids is 1. The van der Waals surface area contributed by atoms with E-state index in [0.717, 1.165) is 4.90 Å². The molecule has 0 bridgehead atoms. The van der Waals surface area contributed by atoms with E-state index >= 15 is 0 Å². The van der Waals surface area contributed by atoms with E-state index in [1.807, 2.05) is 18.4 Å². The van der Waals surface area contributed by atoms with Crippen LogP contribution in [0.5, 0.6) is 0 Å². The predicted molar refractivity (Wildman–Crippen MR) is 47.4 cm³/mol. The third-order valence-electron chi connectivity index (χ3n) is 1.16. The second-order valence-electron chi connectivity index (χ2n) is 2.02. The van der Waals surface area contributed by atoms with E-state index in [-0.39, 0.29) is 5.75 Å². The number of carbonyl (C=O) groups is 1. The van der Waals surface area contributed by atoms with E-state index in [4.69, 9.17) is 5.11 Å². The molecule has 11 heavy (non-hydrogen) atoms. The Morgan fingerprint density at radius 1 is 1.82 bits per heavy atom. The molecule has 0 atom stereocenters. The number of aryl methyl sites for hydroxylation is 1. The number of thioether (sulfide) groups is 1. The molecule has 1 rings (SSSR count). The maximum atomic E-state index is 10.2. The Hall–Kier alpha value is -0.480. The molecule has 0 saturated carbocycles. The molecular formula is C7H8O2S2. The van der Waals surface area contributed by atoms with Gasteiger partial charge in [-0.2, -0.15) is 0 Å². The summed E-state index contributed by atoms with van der Waals surface area (Å²) in [4.78, 5) is 12.5. The summed E-state index contributed by atoms with van der Waals surface area (Å²) < 4.78 is 0. The average molecular weight is 188 g/mol. The summed E-state index contributed by atoms with van der Waals surface area (Å²) in [6, 6.07) is 1.95. The van der Waals surface area contributed by atoms with Gasteiger partial charge in [-0.1, -0.05) is 0 Å². The van der Waals surface area contributed by atoms with E-state index in [9.17, 15) is 4.79 Å². The van der Waals surface area contributed by atoms with Crippen molar-refractivity contribution >= 4 is 29.1 Å². The van der Waals surface area contributed by atoms with Gasteiger partial charge < -0.3 is 5.11 Å². The molecule has 0 aliphatic carbocycles. The van der Waals surface area contributed by atoms with Gasteiger partial charge in [0.1, 0.15) is 0 Å². The summed E-state index contributed by atoms with van der Waals surface area (Å²) in [5.41, 5.74) is 0. The number of hydrogen-bond acceptors (Lipinski definition) is 3. The van der Waals surface area contributed by atoms with Gasteiger partial charge >= 0.3 is 5.97 Å². The molecule has 0 fully saturated rings. The van der Waals surface area contributed by atoms with Gasteiger partial charge in [0.2, 0.25) is 0 Å². The summed E-state index contributed by atoms with van der Waals surface area (Å²) in [6.07, 6.45) is 0. The lowest BCUT2D eigenvalue weighted by molar-refractivity contribution is -0.133. The first-order valence-corrected chi connectivity index (χ1v) is 4.95. The monoisotopic (exact) mass is 188 g/mol. The molecule has 2 nitrogen and oxygen atoms in total. The standard InChI is InChI=1S/C7H8O2S2/c1-5-6(2-3-10-5)11-4-7(8)9/h2-3H,4H2,1H3,(H,8,9). The number of hydrogen-bond donors (Lipinski definition) is 1. The second-order valence-corrected chi connectivity index (χ2v) is 4.16. The lowest BCUT2D eigenvalue weighted by Gasteiger charge is -1.94. The average Bonchev–Trinajstić information content (AvgIpc) is 2.31. The Morgan fingerprint density at radius 3 is 3.00 bits per heavy atom. The van der Waals surface area contributed by atoms with Crippen LogP contribution in [0.1, 0.15) is 4.88 Å². The summed E-state index contributed by atoms with van der Waals surface area (Å²) in [6.45, 7) is 1.99. The van der Waals surface area contributed by atoms with Crippen molar-refractivity contribution in [3.8, 4) is 0 Å². The molecule has 0 radical (unpaired) electrons. The minimum atomic E-state index is -0.763. The molecule has 0 aromatic carbocycles. The first-order chi connectivity index (χ1) is 5.20.